The summed E-state index contributed by atoms with van der Waals surface area (Å²) in [6.45, 7) is 0.237. The average molecular weight is 159 g/mol. The fraction of sp³-hybridized carbons (Fsp3) is 0.875. The summed E-state index contributed by atoms with van der Waals surface area (Å²) < 4.78 is 0. The fourth-order valence-corrected chi connectivity index (χ4v) is 0.911. The van der Waals surface area contributed by atoms with Crippen molar-refractivity contribution in [1.29, 1.82) is 0 Å². The molecular formula is C8H15O3-. The lowest BCUT2D eigenvalue weighted by Gasteiger charge is -2.00. The van der Waals surface area contributed by atoms with Gasteiger partial charge < -0.3 is 15.0 Å². The molecule has 0 saturated carbocycles. The van der Waals surface area contributed by atoms with E-state index in [1.54, 1.807) is 0 Å². The number of hydrogen-bond donors (Lipinski definition) is 1. The first-order valence-electron chi connectivity index (χ1n) is 4.08. The van der Waals surface area contributed by atoms with E-state index in [9.17, 15) is 9.90 Å². The van der Waals surface area contributed by atoms with Gasteiger partial charge >= 0.3 is 0 Å². The zero-order valence-electron chi connectivity index (χ0n) is 6.71. The van der Waals surface area contributed by atoms with E-state index in [1.165, 1.54) is 0 Å². The van der Waals surface area contributed by atoms with Gasteiger partial charge in [-0.15, -0.1) is 0 Å². The number of aliphatic hydroxyl groups excluding tert-OH is 1. The van der Waals surface area contributed by atoms with Gasteiger partial charge in [-0.05, 0) is 19.3 Å². The van der Waals surface area contributed by atoms with E-state index >= 15 is 0 Å². The summed E-state index contributed by atoms with van der Waals surface area (Å²) in [6.07, 6.45) is 4.61. The van der Waals surface area contributed by atoms with Crippen molar-refractivity contribution in [3.8, 4) is 0 Å². The molecule has 0 aromatic rings. The lowest BCUT2D eigenvalue weighted by Crippen LogP contribution is -2.21. The molecule has 0 saturated heterocycles. The summed E-state index contributed by atoms with van der Waals surface area (Å²) >= 11 is 0. The first-order chi connectivity index (χ1) is 5.27. The largest absolute Gasteiger partial charge is 0.550 e. The molecule has 11 heavy (non-hydrogen) atoms. The summed E-state index contributed by atoms with van der Waals surface area (Å²) in [4.78, 5) is 9.94. The molecule has 0 aliphatic heterocycles. The number of rotatable bonds is 7. The zero-order chi connectivity index (χ0) is 8.53. The van der Waals surface area contributed by atoms with Gasteiger partial charge in [0.25, 0.3) is 0 Å². The van der Waals surface area contributed by atoms with Crippen molar-refractivity contribution >= 4 is 5.97 Å². The molecule has 3 nitrogen and oxygen atoms in total. The minimum absolute atomic E-state index is 0.166. The van der Waals surface area contributed by atoms with Crippen LogP contribution in [0.1, 0.15) is 38.5 Å². The molecule has 0 unspecified atom stereocenters. The highest BCUT2D eigenvalue weighted by Gasteiger charge is 1.89. The van der Waals surface area contributed by atoms with Crippen LogP contribution in [0.4, 0.5) is 0 Å². The van der Waals surface area contributed by atoms with E-state index < -0.39 is 5.97 Å². The van der Waals surface area contributed by atoms with Crippen LogP contribution in [0.15, 0.2) is 0 Å². The van der Waals surface area contributed by atoms with E-state index in [0.29, 0.717) is 6.42 Å². The molecule has 0 aromatic carbocycles. The molecule has 1 N–H and O–H groups in total. The summed E-state index contributed by atoms with van der Waals surface area (Å²) in [5.41, 5.74) is 0. The van der Waals surface area contributed by atoms with Crippen LogP contribution in [0.3, 0.4) is 0 Å². The number of carboxylic acid groups (broad SMARTS) is 1. The molecule has 0 aromatic heterocycles. The second-order valence-corrected chi connectivity index (χ2v) is 2.61. The van der Waals surface area contributed by atoms with E-state index in [1.807, 2.05) is 0 Å². The molecule has 0 bridgehead atoms. The molecular weight excluding hydrogens is 144 g/mol. The molecule has 0 aliphatic rings. The Bertz CT molecular complexity index is 102. The van der Waals surface area contributed by atoms with Crippen LogP contribution >= 0.6 is 0 Å². The third-order valence-corrected chi connectivity index (χ3v) is 1.54. The molecule has 0 fully saturated rings. The van der Waals surface area contributed by atoms with Crippen LogP contribution in [-0.2, 0) is 4.79 Å². The SMILES string of the molecule is O=C([O-])CCCCCCCO. The maximum atomic E-state index is 9.94. The van der Waals surface area contributed by atoms with Gasteiger partial charge in [0.2, 0.25) is 0 Å². The monoisotopic (exact) mass is 159 g/mol. The fourth-order valence-electron chi connectivity index (χ4n) is 0.911. The lowest BCUT2D eigenvalue weighted by atomic mass is 10.1. The van der Waals surface area contributed by atoms with Gasteiger partial charge in [-0.2, -0.15) is 0 Å². The van der Waals surface area contributed by atoms with Crippen LogP contribution in [0, 0.1) is 0 Å². The predicted molar refractivity (Wildman–Crippen MR) is 39.8 cm³/mol. The highest BCUT2D eigenvalue weighted by Crippen LogP contribution is 2.03. The zero-order valence-corrected chi connectivity index (χ0v) is 6.71. The van der Waals surface area contributed by atoms with Crippen LogP contribution in [0.25, 0.3) is 0 Å². The summed E-state index contributed by atoms with van der Waals surface area (Å²) in [6, 6.07) is 0. The van der Waals surface area contributed by atoms with Crippen LogP contribution < -0.4 is 5.11 Å². The predicted octanol–water partition coefficient (Wildman–Crippen LogP) is 0.0692. The summed E-state index contributed by atoms with van der Waals surface area (Å²) in [7, 11) is 0. The Kier molecular flexibility index (Phi) is 7.15. The van der Waals surface area contributed by atoms with E-state index in [0.717, 1.165) is 25.7 Å². The maximum absolute atomic E-state index is 9.94. The van der Waals surface area contributed by atoms with Crippen LogP contribution in [-0.4, -0.2) is 17.7 Å². The highest BCUT2D eigenvalue weighted by molar-refractivity contribution is 5.63. The third kappa shape index (κ3) is 9.43. The van der Waals surface area contributed by atoms with Gasteiger partial charge in [0.1, 0.15) is 0 Å². The number of unbranched alkanes of at least 4 members (excludes halogenated alkanes) is 4. The van der Waals surface area contributed by atoms with Gasteiger partial charge in [-0.3, -0.25) is 0 Å². The minimum atomic E-state index is -0.966. The van der Waals surface area contributed by atoms with Gasteiger partial charge in [-0.1, -0.05) is 19.3 Å². The van der Waals surface area contributed by atoms with Gasteiger partial charge in [0, 0.05) is 12.6 Å². The lowest BCUT2D eigenvalue weighted by molar-refractivity contribution is -0.305. The molecule has 0 amide bonds. The minimum Gasteiger partial charge on any atom is -0.550 e. The number of aliphatic carboxylic acids is 1. The van der Waals surface area contributed by atoms with E-state index in [2.05, 4.69) is 0 Å². The third-order valence-electron chi connectivity index (χ3n) is 1.54. The van der Waals surface area contributed by atoms with Crippen molar-refractivity contribution in [3.63, 3.8) is 0 Å². The molecule has 3 heteroatoms. The van der Waals surface area contributed by atoms with E-state index in [-0.39, 0.29) is 13.0 Å². The number of hydrogen-bond acceptors (Lipinski definition) is 3. The Balaban J connectivity index is 2.85. The Morgan fingerprint density at radius 2 is 1.64 bits per heavy atom. The van der Waals surface area contributed by atoms with E-state index in [4.69, 9.17) is 5.11 Å². The van der Waals surface area contributed by atoms with Crippen molar-refractivity contribution in [1.82, 2.24) is 0 Å². The standard InChI is InChI=1S/C8H16O3/c9-7-5-3-1-2-4-6-8(10)11/h9H,1-7H2,(H,10,11)/p-1. The average Bonchev–Trinajstić information content (AvgIpc) is 1.96. The number of carbonyl (C=O) groups excluding carboxylic acids is 1. The summed E-state index contributed by atoms with van der Waals surface area (Å²) in [5, 5.41) is 18.3. The second kappa shape index (κ2) is 7.54. The molecule has 66 valence electrons. The van der Waals surface area contributed by atoms with Crippen molar-refractivity contribution in [3.05, 3.63) is 0 Å². The maximum Gasteiger partial charge on any atom is 0.0431 e. The Labute approximate surface area is 67.0 Å². The topological polar surface area (TPSA) is 60.4 Å². The van der Waals surface area contributed by atoms with Gasteiger partial charge in [0.15, 0.2) is 0 Å². The smallest absolute Gasteiger partial charge is 0.0431 e. The molecule has 0 spiro atoms. The first-order valence-corrected chi connectivity index (χ1v) is 4.08. The second-order valence-electron chi connectivity index (χ2n) is 2.61. The quantitative estimate of drug-likeness (QED) is 0.535. The molecule has 0 heterocycles. The first kappa shape index (κ1) is 10.4. The van der Waals surface area contributed by atoms with Crippen molar-refractivity contribution in [2.75, 3.05) is 6.61 Å². The Morgan fingerprint density at radius 3 is 2.18 bits per heavy atom. The highest BCUT2D eigenvalue weighted by atomic mass is 16.4. The number of carboxylic acids is 1. The number of aliphatic hydroxyl groups is 1. The Hall–Kier alpha value is -0.570. The molecule has 0 aliphatic carbocycles. The van der Waals surface area contributed by atoms with Crippen LogP contribution in [0.5, 0.6) is 0 Å². The van der Waals surface area contributed by atoms with Crippen molar-refractivity contribution < 1.29 is 15.0 Å². The molecule has 0 radical (unpaired) electrons. The Morgan fingerprint density at radius 1 is 1.09 bits per heavy atom. The van der Waals surface area contributed by atoms with Crippen molar-refractivity contribution in [2.24, 2.45) is 0 Å². The molecule has 0 rings (SSSR count). The van der Waals surface area contributed by atoms with Gasteiger partial charge in [0.05, 0.1) is 0 Å². The normalized spacial score (nSPS) is 9.91. The molecule has 0 atom stereocenters. The number of carbonyl (C=O) groups is 1. The van der Waals surface area contributed by atoms with Crippen LogP contribution in [0.2, 0.25) is 0 Å². The van der Waals surface area contributed by atoms with Gasteiger partial charge in [-0.25, -0.2) is 0 Å². The van der Waals surface area contributed by atoms with Crippen molar-refractivity contribution in [2.45, 2.75) is 38.5 Å². The summed E-state index contributed by atoms with van der Waals surface area (Å²) in [5.74, 6) is -0.966.